The summed E-state index contributed by atoms with van der Waals surface area (Å²) in [5.74, 6) is 0.377. The van der Waals surface area contributed by atoms with Crippen LogP contribution in [0.3, 0.4) is 0 Å². The van der Waals surface area contributed by atoms with E-state index in [9.17, 15) is 0 Å². The average Bonchev–Trinajstić information content (AvgIpc) is 1.69. The second kappa shape index (κ2) is 1.78. The molecule has 2 nitrogen and oxygen atoms in total. The molecule has 0 radical (unpaired) electrons. The van der Waals surface area contributed by atoms with Crippen molar-refractivity contribution < 1.29 is 4.74 Å². The van der Waals surface area contributed by atoms with Crippen molar-refractivity contribution in [3.63, 3.8) is 0 Å². The fourth-order valence-electron chi connectivity index (χ4n) is 0.472. The molecule has 7 heavy (non-hydrogen) atoms. The lowest BCUT2D eigenvalue weighted by Crippen LogP contribution is -2.00. The van der Waals surface area contributed by atoms with Gasteiger partial charge in [-0.25, -0.2) is 0 Å². The first-order chi connectivity index (χ1) is 3.39. The molecule has 38 valence electrons. The van der Waals surface area contributed by atoms with Crippen molar-refractivity contribution in [2.75, 3.05) is 0 Å². The van der Waals surface area contributed by atoms with Gasteiger partial charge in [-0.05, 0) is 12.5 Å². The Balaban J connectivity index is 2.47. The number of hydrogen-bond donors (Lipinski definition) is 1. The molecule has 1 N–H and O–H groups in total. The third kappa shape index (κ3) is 1.03. The first kappa shape index (κ1) is 4.37. The number of hydrogen-bond acceptors (Lipinski definition) is 2. The van der Waals surface area contributed by atoms with Crippen molar-refractivity contribution in [2.24, 2.45) is 0 Å². The van der Waals surface area contributed by atoms with Crippen molar-refractivity contribution in [1.29, 1.82) is 5.41 Å². The van der Waals surface area contributed by atoms with Crippen molar-refractivity contribution in [1.82, 2.24) is 0 Å². The summed E-state index contributed by atoms with van der Waals surface area (Å²) < 4.78 is 4.68. The normalized spacial score (nSPS) is 19.1. The van der Waals surface area contributed by atoms with Gasteiger partial charge in [0.1, 0.15) is 0 Å². The lowest BCUT2D eigenvalue weighted by molar-refractivity contribution is 0.436. The van der Waals surface area contributed by atoms with Gasteiger partial charge in [-0.1, -0.05) is 0 Å². The highest BCUT2D eigenvalue weighted by Gasteiger charge is 1.96. The minimum absolute atomic E-state index is 0.377. The van der Waals surface area contributed by atoms with E-state index < -0.39 is 0 Å². The molecule has 0 saturated carbocycles. The summed E-state index contributed by atoms with van der Waals surface area (Å²) in [6, 6.07) is 0. The summed E-state index contributed by atoms with van der Waals surface area (Å²) in [6.07, 6.45) is 5.19. The molecule has 0 aromatic carbocycles. The van der Waals surface area contributed by atoms with Crippen LogP contribution in [-0.2, 0) is 4.74 Å². The summed E-state index contributed by atoms with van der Waals surface area (Å²) in [6.45, 7) is 0. The standard InChI is InChI=1S/C5H7NO/c6-5-3-1-2-4-7-5/h2,4,6H,1,3H2. The minimum atomic E-state index is 0.377. The Morgan fingerprint density at radius 2 is 2.57 bits per heavy atom. The lowest BCUT2D eigenvalue weighted by atomic mass is 10.3. The zero-order valence-electron chi connectivity index (χ0n) is 3.98. The molecule has 0 saturated heterocycles. The van der Waals surface area contributed by atoms with Crippen LogP contribution in [0.5, 0.6) is 0 Å². The minimum Gasteiger partial charge on any atom is -0.452 e. The van der Waals surface area contributed by atoms with E-state index in [2.05, 4.69) is 4.74 Å². The van der Waals surface area contributed by atoms with Crippen LogP contribution >= 0.6 is 0 Å². The molecule has 0 aromatic heterocycles. The fourth-order valence-corrected chi connectivity index (χ4v) is 0.472. The Kier molecular flexibility index (Phi) is 1.11. The van der Waals surface area contributed by atoms with Crippen molar-refractivity contribution in [2.45, 2.75) is 12.8 Å². The van der Waals surface area contributed by atoms with Gasteiger partial charge in [0.15, 0.2) is 5.90 Å². The Morgan fingerprint density at radius 1 is 1.71 bits per heavy atom. The van der Waals surface area contributed by atoms with E-state index in [-0.39, 0.29) is 0 Å². The first-order valence-corrected chi connectivity index (χ1v) is 2.28. The third-order valence-electron chi connectivity index (χ3n) is 0.845. The molecule has 0 fully saturated rings. The SMILES string of the molecule is N=C1CCC=CO1. The topological polar surface area (TPSA) is 33.1 Å². The van der Waals surface area contributed by atoms with Gasteiger partial charge < -0.3 is 4.74 Å². The fraction of sp³-hybridized carbons (Fsp3) is 0.400. The van der Waals surface area contributed by atoms with E-state index in [0.29, 0.717) is 5.90 Å². The third-order valence-corrected chi connectivity index (χ3v) is 0.845. The van der Waals surface area contributed by atoms with Crippen LogP contribution in [0.15, 0.2) is 12.3 Å². The molecular weight excluding hydrogens is 90.1 g/mol. The van der Waals surface area contributed by atoms with Gasteiger partial charge in [0, 0.05) is 6.42 Å². The van der Waals surface area contributed by atoms with Crippen molar-refractivity contribution >= 4 is 5.90 Å². The van der Waals surface area contributed by atoms with Crippen LogP contribution in [0.1, 0.15) is 12.8 Å². The lowest BCUT2D eigenvalue weighted by Gasteiger charge is -2.03. The maximum absolute atomic E-state index is 6.92. The van der Waals surface area contributed by atoms with E-state index in [1.165, 1.54) is 0 Å². The summed E-state index contributed by atoms with van der Waals surface area (Å²) >= 11 is 0. The molecule has 1 rings (SSSR count). The molecule has 1 heterocycles. The van der Waals surface area contributed by atoms with Crippen LogP contribution in [0.2, 0.25) is 0 Å². The van der Waals surface area contributed by atoms with E-state index in [4.69, 9.17) is 5.41 Å². The largest absolute Gasteiger partial charge is 0.452 e. The summed E-state index contributed by atoms with van der Waals surface area (Å²) in [5.41, 5.74) is 0. The smallest absolute Gasteiger partial charge is 0.186 e. The Morgan fingerprint density at radius 3 is 2.86 bits per heavy atom. The highest BCUT2D eigenvalue weighted by molar-refractivity contribution is 5.73. The van der Waals surface area contributed by atoms with Crippen LogP contribution in [0.25, 0.3) is 0 Å². The molecule has 0 aromatic rings. The zero-order valence-corrected chi connectivity index (χ0v) is 3.98. The number of nitrogens with one attached hydrogen (secondary N) is 1. The molecule has 0 spiro atoms. The van der Waals surface area contributed by atoms with Crippen molar-refractivity contribution in [3.05, 3.63) is 12.3 Å². The molecule has 1 aliphatic heterocycles. The number of rotatable bonds is 0. The predicted molar refractivity (Wildman–Crippen MR) is 27.2 cm³/mol. The monoisotopic (exact) mass is 97.1 g/mol. The van der Waals surface area contributed by atoms with Gasteiger partial charge in [-0.15, -0.1) is 0 Å². The van der Waals surface area contributed by atoms with E-state index in [1.807, 2.05) is 6.08 Å². The quantitative estimate of drug-likeness (QED) is 0.485. The van der Waals surface area contributed by atoms with Gasteiger partial charge in [0.05, 0.1) is 6.26 Å². The van der Waals surface area contributed by atoms with E-state index in [0.717, 1.165) is 12.8 Å². The van der Waals surface area contributed by atoms with Gasteiger partial charge in [-0.2, -0.15) is 0 Å². The Bertz CT molecular complexity index is 107. The van der Waals surface area contributed by atoms with Crippen molar-refractivity contribution in [3.8, 4) is 0 Å². The highest BCUT2D eigenvalue weighted by Crippen LogP contribution is 2.00. The molecule has 0 bridgehead atoms. The number of allylic oxidation sites excluding steroid dienone is 1. The zero-order chi connectivity index (χ0) is 5.11. The van der Waals surface area contributed by atoms with Gasteiger partial charge in [0.2, 0.25) is 0 Å². The molecule has 0 atom stereocenters. The predicted octanol–water partition coefficient (Wildman–Crippen LogP) is 1.29. The average molecular weight is 97.1 g/mol. The van der Waals surface area contributed by atoms with Crippen LogP contribution in [-0.4, -0.2) is 5.90 Å². The molecule has 0 unspecified atom stereocenters. The second-order valence-corrected chi connectivity index (χ2v) is 1.45. The maximum atomic E-state index is 6.92. The van der Waals surface area contributed by atoms with Crippen LogP contribution in [0.4, 0.5) is 0 Å². The molecule has 0 amide bonds. The second-order valence-electron chi connectivity index (χ2n) is 1.45. The first-order valence-electron chi connectivity index (χ1n) is 2.28. The van der Waals surface area contributed by atoms with Gasteiger partial charge in [0.25, 0.3) is 0 Å². The Hall–Kier alpha value is -0.790. The summed E-state index contributed by atoms with van der Waals surface area (Å²) in [7, 11) is 0. The van der Waals surface area contributed by atoms with E-state index >= 15 is 0 Å². The van der Waals surface area contributed by atoms with E-state index in [1.54, 1.807) is 6.26 Å². The molecule has 1 aliphatic rings. The van der Waals surface area contributed by atoms with Gasteiger partial charge >= 0.3 is 0 Å². The maximum Gasteiger partial charge on any atom is 0.186 e. The van der Waals surface area contributed by atoms with Gasteiger partial charge in [-0.3, -0.25) is 5.41 Å². The highest BCUT2D eigenvalue weighted by atomic mass is 16.5. The molecular formula is C5H7NO. The molecule has 0 aliphatic carbocycles. The molecule has 2 heteroatoms. The summed E-state index contributed by atoms with van der Waals surface area (Å²) in [5, 5.41) is 6.92. The van der Waals surface area contributed by atoms with Crippen LogP contribution in [0, 0.1) is 5.41 Å². The Labute approximate surface area is 42.3 Å². The van der Waals surface area contributed by atoms with Crippen LogP contribution < -0.4 is 0 Å². The summed E-state index contributed by atoms with van der Waals surface area (Å²) in [4.78, 5) is 0. The number of ether oxygens (including phenoxy) is 1.